The van der Waals surface area contributed by atoms with E-state index in [-0.39, 0.29) is 18.2 Å². The molecule has 3 amide bonds. The molecule has 2 N–H and O–H groups in total. The Morgan fingerprint density at radius 2 is 2.13 bits per heavy atom. The van der Waals surface area contributed by atoms with Gasteiger partial charge in [0.25, 0.3) is 0 Å². The number of amides is 3. The van der Waals surface area contributed by atoms with Crippen molar-refractivity contribution in [3.8, 4) is 5.75 Å². The zero-order valence-electron chi connectivity index (χ0n) is 13.1. The van der Waals surface area contributed by atoms with Crippen LogP contribution in [0.15, 0.2) is 18.2 Å². The van der Waals surface area contributed by atoms with E-state index in [1.165, 1.54) is 7.11 Å². The van der Waals surface area contributed by atoms with Gasteiger partial charge in [-0.3, -0.25) is 0 Å². The lowest BCUT2D eigenvalue weighted by molar-refractivity contribution is 0.108. The molecule has 0 radical (unpaired) electrons. The number of nitrogens with zero attached hydrogens (tertiary/aromatic N) is 1. The monoisotopic (exact) mass is 341 g/mol. The second kappa shape index (κ2) is 7.92. The van der Waals surface area contributed by atoms with Crippen molar-refractivity contribution < 1.29 is 19.1 Å². The summed E-state index contributed by atoms with van der Waals surface area (Å²) in [5.41, 5.74) is 0.491. The highest BCUT2D eigenvalue weighted by molar-refractivity contribution is 6.33. The summed E-state index contributed by atoms with van der Waals surface area (Å²) >= 11 is 6.09. The Bertz CT molecular complexity index is 582. The average molecular weight is 342 g/mol. The van der Waals surface area contributed by atoms with E-state index in [0.717, 1.165) is 12.8 Å². The number of ether oxygens (including phenoxy) is 2. The van der Waals surface area contributed by atoms with E-state index < -0.39 is 0 Å². The molecule has 23 heavy (non-hydrogen) atoms. The first-order valence-electron chi connectivity index (χ1n) is 7.27. The number of rotatable bonds is 3. The number of halogens is 1. The van der Waals surface area contributed by atoms with Gasteiger partial charge in [-0.2, -0.15) is 0 Å². The zero-order valence-corrected chi connectivity index (χ0v) is 13.9. The van der Waals surface area contributed by atoms with Crippen LogP contribution in [-0.4, -0.2) is 50.4 Å². The van der Waals surface area contributed by atoms with Gasteiger partial charge in [-0.1, -0.05) is 11.6 Å². The van der Waals surface area contributed by atoms with Gasteiger partial charge >= 0.3 is 12.1 Å². The van der Waals surface area contributed by atoms with E-state index in [2.05, 4.69) is 10.6 Å². The lowest BCUT2D eigenvalue weighted by atomic mass is 10.1. The molecule has 1 saturated heterocycles. The Labute approximate surface area is 139 Å². The third-order valence-electron chi connectivity index (χ3n) is 3.61. The van der Waals surface area contributed by atoms with Crippen LogP contribution in [0.4, 0.5) is 15.3 Å². The zero-order chi connectivity index (χ0) is 16.8. The van der Waals surface area contributed by atoms with E-state index in [1.54, 1.807) is 30.2 Å². The van der Waals surface area contributed by atoms with Crippen LogP contribution < -0.4 is 15.4 Å². The van der Waals surface area contributed by atoms with Crippen LogP contribution in [0, 0.1) is 0 Å². The summed E-state index contributed by atoms with van der Waals surface area (Å²) in [7, 11) is 2.89. The summed E-state index contributed by atoms with van der Waals surface area (Å²) in [6, 6.07) is 4.51. The standard InChI is InChI=1S/C15H20ClN3O4/c1-22-11-5-6-13(12(16)8-11)18-14(20)17-10-4-3-7-19(9-10)15(21)23-2/h5-6,8,10H,3-4,7,9H2,1-2H3,(H2,17,18,20)/t10-/m0/s1. The second-order valence-corrected chi connectivity index (χ2v) is 5.61. The number of carbonyl (C=O) groups is 2. The van der Waals surface area contributed by atoms with E-state index in [0.29, 0.717) is 29.5 Å². The lowest BCUT2D eigenvalue weighted by Crippen LogP contribution is -2.50. The van der Waals surface area contributed by atoms with Gasteiger partial charge in [0.2, 0.25) is 0 Å². The summed E-state index contributed by atoms with van der Waals surface area (Å²) in [6.07, 6.45) is 1.23. The van der Waals surface area contributed by atoms with Crippen molar-refractivity contribution in [1.29, 1.82) is 0 Å². The predicted octanol–water partition coefficient (Wildman–Crippen LogP) is 2.70. The molecule has 1 aromatic carbocycles. The molecular formula is C15H20ClN3O4. The maximum Gasteiger partial charge on any atom is 0.409 e. The number of piperidine rings is 1. The minimum Gasteiger partial charge on any atom is -0.497 e. The summed E-state index contributed by atoms with van der Waals surface area (Å²) in [4.78, 5) is 25.2. The second-order valence-electron chi connectivity index (χ2n) is 5.20. The molecule has 0 spiro atoms. The van der Waals surface area contributed by atoms with Crippen molar-refractivity contribution in [2.45, 2.75) is 18.9 Å². The van der Waals surface area contributed by atoms with Crippen LogP contribution in [0.5, 0.6) is 5.75 Å². The first-order valence-corrected chi connectivity index (χ1v) is 7.65. The lowest BCUT2D eigenvalue weighted by Gasteiger charge is -2.32. The van der Waals surface area contributed by atoms with Gasteiger partial charge in [0.05, 0.1) is 24.9 Å². The van der Waals surface area contributed by atoms with E-state index in [1.807, 2.05) is 0 Å². The molecule has 0 saturated carbocycles. The van der Waals surface area contributed by atoms with Crippen molar-refractivity contribution in [3.05, 3.63) is 23.2 Å². The Morgan fingerprint density at radius 1 is 1.35 bits per heavy atom. The molecule has 1 atom stereocenters. The van der Waals surface area contributed by atoms with E-state index in [4.69, 9.17) is 21.1 Å². The molecule has 1 aliphatic rings. The van der Waals surface area contributed by atoms with Crippen molar-refractivity contribution in [2.24, 2.45) is 0 Å². The smallest absolute Gasteiger partial charge is 0.409 e. The van der Waals surface area contributed by atoms with Gasteiger partial charge < -0.3 is 25.0 Å². The Kier molecular flexibility index (Phi) is 5.92. The molecule has 2 rings (SSSR count). The van der Waals surface area contributed by atoms with Gasteiger partial charge in [0.15, 0.2) is 0 Å². The number of likely N-dealkylation sites (tertiary alicyclic amines) is 1. The van der Waals surface area contributed by atoms with Crippen LogP contribution in [0.2, 0.25) is 5.02 Å². The number of nitrogens with one attached hydrogen (secondary N) is 2. The minimum absolute atomic E-state index is 0.125. The molecule has 126 valence electrons. The maximum atomic E-state index is 12.1. The first-order chi connectivity index (χ1) is 11.0. The summed E-state index contributed by atoms with van der Waals surface area (Å²) < 4.78 is 9.76. The molecule has 0 unspecified atom stereocenters. The topological polar surface area (TPSA) is 79.9 Å². The highest BCUT2D eigenvalue weighted by atomic mass is 35.5. The normalized spacial score (nSPS) is 17.3. The third kappa shape index (κ3) is 4.66. The quantitative estimate of drug-likeness (QED) is 0.885. The van der Waals surface area contributed by atoms with E-state index in [9.17, 15) is 9.59 Å². The number of anilines is 1. The number of hydrogen-bond acceptors (Lipinski definition) is 4. The third-order valence-corrected chi connectivity index (χ3v) is 3.93. The van der Waals surface area contributed by atoms with Crippen LogP contribution in [0.1, 0.15) is 12.8 Å². The minimum atomic E-state index is -0.380. The molecule has 1 fully saturated rings. The molecule has 1 aliphatic heterocycles. The summed E-state index contributed by atoms with van der Waals surface area (Å²) in [5, 5.41) is 5.93. The molecule has 0 aliphatic carbocycles. The number of carbonyl (C=O) groups excluding carboxylic acids is 2. The predicted molar refractivity (Wildman–Crippen MR) is 87.2 cm³/mol. The number of urea groups is 1. The van der Waals surface area contributed by atoms with Crippen molar-refractivity contribution in [2.75, 3.05) is 32.6 Å². The van der Waals surface area contributed by atoms with Crippen LogP contribution >= 0.6 is 11.6 Å². The van der Waals surface area contributed by atoms with Gasteiger partial charge in [0, 0.05) is 25.2 Å². The highest BCUT2D eigenvalue weighted by Gasteiger charge is 2.25. The fraction of sp³-hybridized carbons (Fsp3) is 0.467. The Balaban J connectivity index is 1.90. The van der Waals surface area contributed by atoms with Gasteiger partial charge in [-0.05, 0) is 25.0 Å². The summed E-state index contributed by atoms with van der Waals surface area (Å²) in [6.45, 7) is 1.06. The van der Waals surface area contributed by atoms with Crippen molar-refractivity contribution >= 4 is 29.4 Å². The SMILES string of the molecule is COC(=O)N1CCC[C@H](NC(=O)Nc2ccc(OC)cc2Cl)C1. The molecule has 7 nitrogen and oxygen atoms in total. The molecule has 0 bridgehead atoms. The average Bonchev–Trinajstić information content (AvgIpc) is 2.56. The fourth-order valence-electron chi connectivity index (χ4n) is 2.46. The fourth-order valence-corrected chi connectivity index (χ4v) is 2.68. The maximum absolute atomic E-state index is 12.1. The molecule has 1 heterocycles. The Morgan fingerprint density at radius 3 is 2.78 bits per heavy atom. The Hall–Kier alpha value is -2.15. The van der Waals surface area contributed by atoms with Crippen LogP contribution in [0.3, 0.4) is 0 Å². The van der Waals surface area contributed by atoms with Gasteiger partial charge in [-0.25, -0.2) is 9.59 Å². The number of methoxy groups -OCH3 is 2. The van der Waals surface area contributed by atoms with Crippen molar-refractivity contribution in [3.63, 3.8) is 0 Å². The van der Waals surface area contributed by atoms with Crippen LogP contribution in [-0.2, 0) is 4.74 Å². The summed E-state index contributed by atoms with van der Waals surface area (Å²) in [5.74, 6) is 0.613. The highest BCUT2D eigenvalue weighted by Crippen LogP contribution is 2.26. The molecule has 0 aromatic heterocycles. The van der Waals surface area contributed by atoms with Crippen LogP contribution in [0.25, 0.3) is 0 Å². The van der Waals surface area contributed by atoms with Gasteiger partial charge in [0.1, 0.15) is 5.75 Å². The van der Waals surface area contributed by atoms with Crippen molar-refractivity contribution in [1.82, 2.24) is 10.2 Å². The van der Waals surface area contributed by atoms with Gasteiger partial charge in [-0.15, -0.1) is 0 Å². The number of benzene rings is 1. The molecular weight excluding hydrogens is 322 g/mol. The molecule has 8 heteroatoms. The molecule has 1 aromatic rings. The largest absolute Gasteiger partial charge is 0.497 e. The first kappa shape index (κ1) is 17.2. The number of hydrogen-bond donors (Lipinski definition) is 2. The van der Waals surface area contributed by atoms with E-state index >= 15 is 0 Å².